The molecule has 35 heavy (non-hydrogen) atoms. The van der Waals surface area contributed by atoms with Gasteiger partial charge in [-0.15, -0.1) is 0 Å². The predicted molar refractivity (Wildman–Crippen MR) is 148 cm³/mol. The summed E-state index contributed by atoms with van der Waals surface area (Å²) in [4.78, 5) is 0. The number of nitrogens with zero attached hydrogens (tertiary/aromatic N) is 1. The van der Waals surface area contributed by atoms with Gasteiger partial charge in [0.2, 0.25) is 0 Å². The van der Waals surface area contributed by atoms with E-state index in [-0.39, 0.29) is 5.41 Å². The highest BCUT2D eigenvalue weighted by atomic mass is 15.0. The average molecular weight is 451 g/mol. The highest BCUT2D eigenvalue weighted by Gasteiger charge is 2.37. The number of nitrogens with two attached hydrogens (primary N) is 1. The molecular weight excluding hydrogens is 424 g/mol. The first-order valence-electron chi connectivity index (χ1n) is 12.2. The molecule has 0 saturated carbocycles. The zero-order valence-electron chi connectivity index (χ0n) is 19.9. The molecule has 0 amide bonds. The van der Waals surface area contributed by atoms with Crippen molar-refractivity contribution in [3.8, 4) is 27.9 Å². The molecule has 2 heteroatoms. The maximum absolute atomic E-state index is 5.97. The van der Waals surface area contributed by atoms with Crippen molar-refractivity contribution in [3.63, 3.8) is 0 Å². The van der Waals surface area contributed by atoms with Gasteiger partial charge in [-0.25, -0.2) is 0 Å². The normalized spacial score (nSPS) is 13.8. The zero-order valence-corrected chi connectivity index (χ0v) is 19.9. The van der Waals surface area contributed by atoms with Crippen LogP contribution in [0.5, 0.6) is 0 Å². The van der Waals surface area contributed by atoms with Gasteiger partial charge in [-0.1, -0.05) is 80.6 Å². The Morgan fingerprint density at radius 3 is 2.11 bits per heavy atom. The SMILES string of the molecule is CC1(C)c2ccccc2-c2c1ccc1c2c2cc(-c3ccc(N)cc3)ccc2n1-c1ccccc1. The van der Waals surface area contributed by atoms with Gasteiger partial charge in [0.25, 0.3) is 0 Å². The first-order valence-corrected chi connectivity index (χ1v) is 12.2. The van der Waals surface area contributed by atoms with Crippen molar-refractivity contribution in [3.05, 3.63) is 120 Å². The summed E-state index contributed by atoms with van der Waals surface area (Å²) >= 11 is 0. The van der Waals surface area contributed by atoms with E-state index in [1.54, 1.807) is 0 Å². The van der Waals surface area contributed by atoms with Crippen LogP contribution >= 0.6 is 0 Å². The Morgan fingerprint density at radius 2 is 1.31 bits per heavy atom. The minimum atomic E-state index is -0.0319. The molecule has 0 bridgehead atoms. The smallest absolute Gasteiger partial charge is 0.0547 e. The summed E-state index contributed by atoms with van der Waals surface area (Å²) in [5.41, 5.74) is 18.3. The molecule has 6 aromatic rings. The minimum absolute atomic E-state index is 0.0319. The predicted octanol–water partition coefficient (Wildman–Crippen LogP) is 8.34. The zero-order chi connectivity index (χ0) is 23.7. The summed E-state index contributed by atoms with van der Waals surface area (Å²) in [5.74, 6) is 0. The summed E-state index contributed by atoms with van der Waals surface area (Å²) in [6.45, 7) is 4.69. The molecule has 1 aromatic heterocycles. The van der Waals surface area contributed by atoms with Crippen molar-refractivity contribution in [2.45, 2.75) is 19.3 Å². The molecular formula is C33H26N2. The summed E-state index contributed by atoms with van der Waals surface area (Å²) in [6.07, 6.45) is 0. The number of fused-ring (bicyclic) bond motifs is 7. The first-order chi connectivity index (χ1) is 17.0. The van der Waals surface area contributed by atoms with Gasteiger partial charge < -0.3 is 10.3 Å². The maximum Gasteiger partial charge on any atom is 0.0547 e. The second-order valence-electron chi connectivity index (χ2n) is 10.1. The minimum Gasteiger partial charge on any atom is -0.399 e. The van der Waals surface area contributed by atoms with Crippen LogP contribution in [0.4, 0.5) is 5.69 Å². The highest BCUT2D eigenvalue weighted by molar-refractivity contribution is 6.18. The van der Waals surface area contributed by atoms with Crippen LogP contribution in [0, 0.1) is 0 Å². The number of hydrogen-bond acceptors (Lipinski definition) is 1. The number of hydrogen-bond donors (Lipinski definition) is 1. The van der Waals surface area contributed by atoms with Crippen LogP contribution in [-0.2, 0) is 5.41 Å². The third kappa shape index (κ3) is 2.77. The Hall–Kier alpha value is -4.30. The van der Waals surface area contributed by atoms with Crippen LogP contribution in [0.2, 0.25) is 0 Å². The van der Waals surface area contributed by atoms with E-state index < -0.39 is 0 Å². The Bertz CT molecular complexity index is 1750. The van der Waals surface area contributed by atoms with E-state index in [1.165, 1.54) is 60.9 Å². The molecule has 0 saturated heterocycles. The molecule has 1 aliphatic carbocycles. The lowest BCUT2D eigenvalue weighted by molar-refractivity contribution is 0.661. The third-order valence-electron chi connectivity index (χ3n) is 7.73. The number of nitrogen functional groups attached to an aromatic ring is 1. The average Bonchev–Trinajstić information content (AvgIpc) is 3.34. The standard InChI is InChI=1S/C33H26N2/c1-33(2)27-11-7-6-10-25(27)31-28(33)17-19-30-32(31)26-20-22(21-12-15-23(34)16-13-21)14-18-29(26)35(30)24-8-4-3-5-9-24/h3-20H,34H2,1-2H3. The molecule has 1 heterocycles. The number of rotatable bonds is 2. The van der Waals surface area contributed by atoms with Crippen LogP contribution in [0.3, 0.4) is 0 Å². The van der Waals surface area contributed by atoms with Crippen molar-refractivity contribution < 1.29 is 0 Å². The van der Waals surface area contributed by atoms with Crippen LogP contribution in [0.25, 0.3) is 49.7 Å². The third-order valence-corrected chi connectivity index (χ3v) is 7.73. The topological polar surface area (TPSA) is 30.9 Å². The summed E-state index contributed by atoms with van der Waals surface area (Å²) < 4.78 is 2.41. The van der Waals surface area contributed by atoms with Gasteiger partial charge in [-0.05, 0) is 75.8 Å². The van der Waals surface area contributed by atoms with E-state index in [0.29, 0.717) is 0 Å². The van der Waals surface area contributed by atoms with Crippen molar-refractivity contribution in [2.75, 3.05) is 5.73 Å². The fourth-order valence-electron chi connectivity index (χ4n) is 6.01. The van der Waals surface area contributed by atoms with E-state index >= 15 is 0 Å². The first kappa shape index (κ1) is 20.1. The van der Waals surface area contributed by atoms with Crippen molar-refractivity contribution in [2.24, 2.45) is 0 Å². The van der Waals surface area contributed by atoms with Crippen LogP contribution in [-0.4, -0.2) is 4.57 Å². The molecule has 0 atom stereocenters. The van der Waals surface area contributed by atoms with E-state index in [4.69, 9.17) is 5.73 Å². The Labute approximate surface area is 205 Å². The highest BCUT2D eigenvalue weighted by Crippen LogP contribution is 2.53. The molecule has 5 aromatic carbocycles. The van der Waals surface area contributed by atoms with Crippen molar-refractivity contribution >= 4 is 27.5 Å². The quantitative estimate of drug-likeness (QED) is 0.264. The van der Waals surface area contributed by atoms with Gasteiger partial charge in [0.05, 0.1) is 11.0 Å². The molecule has 0 radical (unpaired) electrons. The van der Waals surface area contributed by atoms with E-state index in [2.05, 4.69) is 115 Å². The fourth-order valence-corrected chi connectivity index (χ4v) is 6.01. The molecule has 0 spiro atoms. The fraction of sp³-hybridized carbons (Fsp3) is 0.0909. The lowest BCUT2D eigenvalue weighted by Gasteiger charge is -2.21. The number of benzene rings is 5. The van der Waals surface area contributed by atoms with E-state index in [9.17, 15) is 0 Å². The second kappa shape index (κ2) is 7.10. The van der Waals surface area contributed by atoms with Crippen LogP contribution in [0.15, 0.2) is 109 Å². The monoisotopic (exact) mass is 450 g/mol. The number of para-hydroxylation sites is 1. The van der Waals surface area contributed by atoms with Gasteiger partial charge >= 0.3 is 0 Å². The second-order valence-corrected chi connectivity index (χ2v) is 10.1. The van der Waals surface area contributed by atoms with Crippen molar-refractivity contribution in [1.82, 2.24) is 4.57 Å². The van der Waals surface area contributed by atoms with E-state index in [1.807, 2.05) is 12.1 Å². The summed E-state index contributed by atoms with van der Waals surface area (Å²) in [5, 5.41) is 2.61. The summed E-state index contributed by atoms with van der Waals surface area (Å²) in [7, 11) is 0. The molecule has 0 aliphatic heterocycles. The number of anilines is 1. The Morgan fingerprint density at radius 1 is 0.629 bits per heavy atom. The van der Waals surface area contributed by atoms with Crippen LogP contribution in [0.1, 0.15) is 25.0 Å². The molecule has 1 aliphatic rings. The van der Waals surface area contributed by atoms with Gasteiger partial charge in [-0.2, -0.15) is 0 Å². The molecule has 168 valence electrons. The Kier molecular flexibility index (Phi) is 4.08. The lowest BCUT2D eigenvalue weighted by Crippen LogP contribution is -2.14. The lowest BCUT2D eigenvalue weighted by atomic mass is 9.82. The number of aromatic nitrogens is 1. The van der Waals surface area contributed by atoms with Gasteiger partial charge in [0.1, 0.15) is 0 Å². The maximum atomic E-state index is 5.97. The Balaban J connectivity index is 1.64. The van der Waals surface area contributed by atoms with Gasteiger partial charge in [0.15, 0.2) is 0 Å². The van der Waals surface area contributed by atoms with Gasteiger partial charge in [0, 0.05) is 27.6 Å². The molecule has 2 nitrogen and oxygen atoms in total. The molecule has 7 rings (SSSR count). The van der Waals surface area contributed by atoms with E-state index in [0.717, 1.165) is 5.69 Å². The summed E-state index contributed by atoms with van der Waals surface area (Å²) in [6, 6.07) is 39.3. The molecule has 2 N–H and O–H groups in total. The van der Waals surface area contributed by atoms with Crippen molar-refractivity contribution in [1.29, 1.82) is 0 Å². The molecule has 0 fully saturated rings. The largest absolute Gasteiger partial charge is 0.399 e. The molecule has 0 unspecified atom stereocenters. The van der Waals surface area contributed by atoms with Gasteiger partial charge in [-0.3, -0.25) is 0 Å². The van der Waals surface area contributed by atoms with Crippen LogP contribution < -0.4 is 5.73 Å².